The fourth-order valence-electron chi connectivity index (χ4n) is 2.08. The van der Waals surface area contributed by atoms with Gasteiger partial charge in [-0.3, -0.25) is 4.79 Å². The summed E-state index contributed by atoms with van der Waals surface area (Å²) in [5.41, 5.74) is 1.67. The molecule has 0 saturated carbocycles. The van der Waals surface area contributed by atoms with Crippen LogP contribution in [0.25, 0.3) is 0 Å². The second kappa shape index (κ2) is 7.36. The summed E-state index contributed by atoms with van der Waals surface area (Å²) in [6.45, 7) is 2.17. The van der Waals surface area contributed by atoms with Gasteiger partial charge < -0.3 is 10.1 Å². The maximum atomic E-state index is 12.2. The van der Waals surface area contributed by atoms with E-state index in [1.165, 1.54) is 17.3 Å². The van der Waals surface area contributed by atoms with E-state index >= 15 is 0 Å². The first kappa shape index (κ1) is 15.7. The molecule has 7 heteroatoms. The molecule has 7 nitrogen and oxygen atoms in total. The fourth-order valence-corrected chi connectivity index (χ4v) is 2.08. The molecule has 0 aliphatic carbocycles. The number of nitrogens with zero attached hydrogens (tertiary/aromatic N) is 4. The Morgan fingerprint density at radius 1 is 1.29 bits per heavy atom. The van der Waals surface area contributed by atoms with E-state index in [1.54, 1.807) is 25.3 Å². The molecule has 0 bridgehead atoms. The zero-order valence-corrected chi connectivity index (χ0v) is 13.2. The van der Waals surface area contributed by atoms with Crippen molar-refractivity contribution in [3.63, 3.8) is 0 Å². The van der Waals surface area contributed by atoms with Crippen LogP contribution >= 0.6 is 0 Å². The van der Waals surface area contributed by atoms with Gasteiger partial charge in [0.25, 0.3) is 0 Å². The number of hydrogen-bond acceptors (Lipinski definition) is 5. The second-order valence-corrected chi connectivity index (χ2v) is 5.20. The van der Waals surface area contributed by atoms with Crippen LogP contribution < -0.4 is 10.1 Å². The predicted octanol–water partition coefficient (Wildman–Crippen LogP) is 2.45. The average molecular weight is 323 g/mol. The first-order valence-corrected chi connectivity index (χ1v) is 7.50. The number of amides is 1. The van der Waals surface area contributed by atoms with E-state index in [0.717, 1.165) is 5.56 Å². The second-order valence-electron chi connectivity index (χ2n) is 5.20. The summed E-state index contributed by atoms with van der Waals surface area (Å²) in [5, 5.41) is 6.79. The minimum atomic E-state index is -0.464. The van der Waals surface area contributed by atoms with Gasteiger partial charge in [-0.1, -0.05) is 30.3 Å². The molecule has 1 N–H and O–H groups in total. The zero-order chi connectivity index (χ0) is 16.8. The topological polar surface area (TPSA) is 81.9 Å². The van der Waals surface area contributed by atoms with Gasteiger partial charge in [-0.2, -0.15) is 5.10 Å². The Labute approximate surface area is 139 Å². The molecular formula is C17H17N5O2. The standard InChI is InChI=1S/C17H17N5O2/c1-13(22-12-18-11-20-22)17(23)21-15-7-8-19-16(9-15)24-10-14-5-3-2-4-6-14/h2-9,11-13H,10H2,1H3,(H,19,21,23)/t13-/m1/s1. The van der Waals surface area contributed by atoms with Gasteiger partial charge in [-0.15, -0.1) is 0 Å². The summed E-state index contributed by atoms with van der Waals surface area (Å²) < 4.78 is 7.15. The number of ether oxygens (including phenoxy) is 1. The summed E-state index contributed by atoms with van der Waals surface area (Å²) in [7, 11) is 0. The first-order chi connectivity index (χ1) is 11.7. The van der Waals surface area contributed by atoms with Crippen LogP contribution in [0.1, 0.15) is 18.5 Å². The number of carbonyl (C=O) groups is 1. The van der Waals surface area contributed by atoms with Gasteiger partial charge in [-0.05, 0) is 18.6 Å². The lowest BCUT2D eigenvalue weighted by Gasteiger charge is -2.12. The number of aromatic nitrogens is 4. The quantitative estimate of drug-likeness (QED) is 0.753. The van der Waals surface area contributed by atoms with E-state index in [0.29, 0.717) is 18.2 Å². The summed E-state index contributed by atoms with van der Waals surface area (Å²) in [6.07, 6.45) is 4.49. The summed E-state index contributed by atoms with van der Waals surface area (Å²) in [5.74, 6) is 0.255. The van der Waals surface area contributed by atoms with Crippen molar-refractivity contribution in [2.45, 2.75) is 19.6 Å². The Kier molecular flexibility index (Phi) is 4.81. The minimum absolute atomic E-state index is 0.194. The van der Waals surface area contributed by atoms with Crippen LogP contribution in [0.5, 0.6) is 5.88 Å². The molecule has 3 rings (SSSR count). The molecule has 0 fully saturated rings. The van der Waals surface area contributed by atoms with Crippen LogP contribution in [-0.4, -0.2) is 25.7 Å². The molecular weight excluding hydrogens is 306 g/mol. The summed E-state index contributed by atoms with van der Waals surface area (Å²) in [6, 6.07) is 12.7. The highest BCUT2D eigenvalue weighted by atomic mass is 16.5. The molecule has 0 spiro atoms. The van der Waals surface area contributed by atoms with E-state index in [2.05, 4.69) is 20.4 Å². The average Bonchev–Trinajstić information content (AvgIpc) is 3.15. The number of rotatable bonds is 6. The van der Waals surface area contributed by atoms with Crippen LogP contribution in [0.3, 0.4) is 0 Å². The lowest BCUT2D eigenvalue weighted by molar-refractivity contribution is -0.119. The Balaban J connectivity index is 1.61. The zero-order valence-electron chi connectivity index (χ0n) is 13.2. The summed E-state index contributed by atoms with van der Waals surface area (Å²) >= 11 is 0. The molecule has 2 heterocycles. The van der Waals surface area contributed by atoms with Crippen LogP contribution in [0.4, 0.5) is 5.69 Å². The third-order valence-corrected chi connectivity index (χ3v) is 3.44. The fraction of sp³-hybridized carbons (Fsp3) is 0.176. The molecule has 0 saturated heterocycles. The maximum absolute atomic E-state index is 12.2. The highest BCUT2D eigenvalue weighted by Gasteiger charge is 2.15. The third-order valence-electron chi connectivity index (χ3n) is 3.44. The largest absolute Gasteiger partial charge is 0.473 e. The van der Waals surface area contributed by atoms with Gasteiger partial charge in [0.05, 0.1) is 0 Å². The van der Waals surface area contributed by atoms with E-state index in [4.69, 9.17) is 4.74 Å². The molecule has 0 unspecified atom stereocenters. The number of carbonyl (C=O) groups excluding carboxylic acids is 1. The van der Waals surface area contributed by atoms with Crippen molar-refractivity contribution in [1.82, 2.24) is 19.7 Å². The lowest BCUT2D eigenvalue weighted by atomic mass is 10.2. The van der Waals surface area contributed by atoms with Gasteiger partial charge in [0.1, 0.15) is 25.3 Å². The highest BCUT2D eigenvalue weighted by Crippen LogP contribution is 2.17. The van der Waals surface area contributed by atoms with Crippen molar-refractivity contribution < 1.29 is 9.53 Å². The maximum Gasteiger partial charge on any atom is 0.249 e. The number of pyridine rings is 1. The SMILES string of the molecule is C[C@H](C(=O)Nc1ccnc(OCc2ccccc2)c1)n1cncn1. The molecule has 24 heavy (non-hydrogen) atoms. The van der Waals surface area contributed by atoms with Gasteiger partial charge in [0.15, 0.2) is 0 Å². The molecule has 0 aliphatic rings. The van der Waals surface area contributed by atoms with Gasteiger partial charge in [0.2, 0.25) is 11.8 Å². The van der Waals surface area contributed by atoms with Crippen molar-refractivity contribution in [1.29, 1.82) is 0 Å². The molecule has 0 aliphatic heterocycles. The van der Waals surface area contributed by atoms with Crippen LogP contribution in [-0.2, 0) is 11.4 Å². The predicted molar refractivity (Wildman–Crippen MR) is 88.4 cm³/mol. The van der Waals surface area contributed by atoms with E-state index in [-0.39, 0.29) is 5.91 Å². The third kappa shape index (κ3) is 3.95. The van der Waals surface area contributed by atoms with Crippen LogP contribution in [0.15, 0.2) is 61.3 Å². The van der Waals surface area contributed by atoms with Crippen molar-refractivity contribution in [3.05, 3.63) is 66.9 Å². The molecule has 1 amide bonds. The van der Waals surface area contributed by atoms with Gasteiger partial charge >= 0.3 is 0 Å². The summed E-state index contributed by atoms with van der Waals surface area (Å²) in [4.78, 5) is 20.2. The van der Waals surface area contributed by atoms with Gasteiger partial charge in [0, 0.05) is 18.0 Å². The minimum Gasteiger partial charge on any atom is -0.473 e. The van der Waals surface area contributed by atoms with E-state index in [9.17, 15) is 4.79 Å². The number of nitrogens with one attached hydrogen (secondary N) is 1. The number of benzene rings is 1. The molecule has 122 valence electrons. The Hall–Kier alpha value is -3.22. The number of hydrogen-bond donors (Lipinski definition) is 1. The van der Waals surface area contributed by atoms with Crippen molar-refractivity contribution in [3.8, 4) is 5.88 Å². The molecule has 1 aromatic carbocycles. The smallest absolute Gasteiger partial charge is 0.249 e. The molecule has 1 atom stereocenters. The van der Waals surface area contributed by atoms with E-state index in [1.807, 2.05) is 30.3 Å². The molecule has 0 radical (unpaired) electrons. The number of anilines is 1. The van der Waals surface area contributed by atoms with Crippen molar-refractivity contribution in [2.24, 2.45) is 0 Å². The molecule has 3 aromatic rings. The van der Waals surface area contributed by atoms with Gasteiger partial charge in [-0.25, -0.2) is 14.6 Å². The van der Waals surface area contributed by atoms with Crippen molar-refractivity contribution in [2.75, 3.05) is 5.32 Å². The Bertz CT molecular complexity index is 790. The Morgan fingerprint density at radius 2 is 2.12 bits per heavy atom. The van der Waals surface area contributed by atoms with Crippen molar-refractivity contribution >= 4 is 11.6 Å². The normalized spacial score (nSPS) is 11.7. The Morgan fingerprint density at radius 3 is 2.88 bits per heavy atom. The van der Waals surface area contributed by atoms with Crippen LogP contribution in [0.2, 0.25) is 0 Å². The van der Waals surface area contributed by atoms with E-state index < -0.39 is 6.04 Å². The van der Waals surface area contributed by atoms with Crippen LogP contribution in [0, 0.1) is 0 Å². The highest BCUT2D eigenvalue weighted by molar-refractivity contribution is 5.93. The lowest BCUT2D eigenvalue weighted by Crippen LogP contribution is -2.24. The first-order valence-electron chi connectivity index (χ1n) is 7.50. The molecule has 2 aromatic heterocycles. The monoisotopic (exact) mass is 323 g/mol.